The van der Waals surface area contributed by atoms with E-state index in [4.69, 9.17) is 14.0 Å². The van der Waals surface area contributed by atoms with E-state index in [1.54, 1.807) is 18.3 Å². The number of halogens is 1. The van der Waals surface area contributed by atoms with Crippen molar-refractivity contribution in [3.63, 3.8) is 0 Å². The Morgan fingerprint density at radius 1 is 1.30 bits per heavy atom. The zero-order valence-corrected chi connectivity index (χ0v) is 15.6. The highest BCUT2D eigenvalue weighted by Gasteiger charge is 2.16. The van der Waals surface area contributed by atoms with Crippen LogP contribution in [0.15, 0.2) is 52.1 Å². The number of hydrogen-bond acceptors (Lipinski definition) is 7. The zero-order valence-electron chi connectivity index (χ0n) is 14.8. The molecule has 3 aromatic rings. The summed E-state index contributed by atoms with van der Waals surface area (Å²) >= 11 is 1.35. The molecule has 0 saturated carbocycles. The Hall–Kier alpha value is -2.87. The van der Waals surface area contributed by atoms with E-state index in [9.17, 15) is 9.18 Å². The summed E-state index contributed by atoms with van der Waals surface area (Å²) in [5.41, 5.74) is 1.53. The van der Waals surface area contributed by atoms with Crippen molar-refractivity contribution in [1.29, 1.82) is 0 Å². The topological polar surface area (TPSA) is 74.5 Å². The molecule has 27 heavy (non-hydrogen) atoms. The first-order chi connectivity index (χ1) is 13.1. The van der Waals surface area contributed by atoms with E-state index in [0.29, 0.717) is 27.7 Å². The molecule has 0 aliphatic heterocycles. The average Bonchev–Trinajstić information content (AvgIpc) is 3.10. The van der Waals surface area contributed by atoms with Gasteiger partial charge in [-0.3, -0.25) is 0 Å². The van der Waals surface area contributed by atoms with Crippen molar-refractivity contribution in [2.75, 3.05) is 7.11 Å². The molecule has 0 aliphatic carbocycles. The highest BCUT2D eigenvalue weighted by molar-refractivity contribution is 7.98. The van der Waals surface area contributed by atoms with Crippen LogP contribution in [0.3, 0.4) is 0 Å². The molecule has 0 spiro atoms. The molecule has 0 amide bonds. The number of pyridine rings is 1. The zero-order chi connectivity index (χ0) is 19.2. The van der Waals surface area contributed by atoms with Gasteiger partial charge < -0.3 is 14.0 Å². The first-order valence-corrected chi connectivity index (χ1v) is 9.05. The number of benzene rings is 1. The lowest BCUT2D eigenvalue weighted by atomic mass is 10.2. The van der Waals surface area contributed by atoms with Crippen molar-refractivity contribution in [2.45, 2.75) is 24.3 Å². The molecule has 0 radical (unpaired) electrons. The van der Waals surface area contributed by atoms with Crippen LogP contribution in [0.1, 0.15) is 27.4 Å². The minimum Gasteiger partial charge on any atom is -0.496 e. The van der Waals surface area contributed by atoms with Crippen molar-refractivity contribution in [2.24, 2.45) is 0 Å². The Morgan fingerprint density at radius 2 is 2.15 bits per heavy atom. The largest absolute Gasteiger partial charge is 0.496 e. The minimum absolute atomic E-state index is 0.110. The summed E-state index contributed by atoms with van der Waals surface area (Å²) in [5, 5.41) is 4.44. The van der Waals surface area contributed by atoms with E-state index in [0.717, 1.165) is 11.5 Å². The predicted octanol–water partition coefficient (Wildman–Crippen LogP) is 4.18. The lowest BCUT2D eigenvalue weighted by Gasteiger charge is -2.11. The second-order valence-electron chi connectivity index (χ2n) is 5.61. The molecule has 8 heteroatoms. The second-order valence-corrected chi connectivity index (χ2v) is 6.57. The number of rotatable bonds is 7. The molecule has 3 rings (SSSR count). The van der Waals surface area contributed by atoms with Gasteiger partial charge in [0.15, 0.2) is 0 Å². The number of aryl methyl sites for hydroxylation is 1. The molecule has 0 atom stereocenters. The van der Waals surface area contributed by atoms with E-state index >= 15 is 0 Å². The second kappa shape index (κ2) is 8.68. The Bertz CT molecular complexity index is 945. The standard InChI is InChI=1S/C19H17FN2O4S/c1-12-8-15(22-26-12)11-27-18-16(4-3-7-21-18)19(23)25-10-13-9-14(20)5-6-17(13)24-2/h3-9H,10-11H2,1-2H3. The van der Waals surface area contributed by atoms with E-state index in [1.165, 1.54) is 37.1 Å². The third-order valence-electron chi connectivity index (χ3n) is 3.63. The van der Waals surface area contributed by atoms with Crippen LogP contribution in [-0.4, -0.2) is 23.2 Å². The van der Waals surface area contributed by atoms with E-state index in [2.05, 4.69) is 10.1 Å². The van der Waals surface area contributed by atoms with Crippen LogP contribution < -0.4 is 4.74 Å². The van der Waals surface area contributed by atoms with Crippen molar-refractivity contribution in [3.8, 4) is 5.75 Å². The number of methoxy groups -OCH3 is 1. The molecule has 0 bridgehead atoms. The highest BCUT2D eigenvalue weighted by atomic mass is 32.2. The summed E-state index contributed by atoms with van der Waals surface area (Å²) in [4.78, 5) is 16.7. The van der Waals surface area contributed by atoms with Gasteiger partial charge >= 0.3 is 5.97 Å². The third-order valence-corrected chi connectivity index (χ3v) is 4.66. The first-order valence-electron chi connectivity index (χ1n) is 8.06. The van der Waals surface area contributed by atoms with Crippen LogP contribution in [0.5, 0.6) is 5.75 Å². The molecule has 140 valence electrons. The number of thioether (sulfide) groups is 1. The molecule has 2 aromatic heterocycles. The highest BCUT2D eigenvalue weighted by Crippen LogP contribution is 2.26. The van der Waals surface area contributed by atoms with Crippen LogP contribution in [0.4, 0.5) is 4.39 Å². The van der Waals surface area contributed by atoms with E-state index < -0.39 is 11.8 Å². The van der Waals surface area contributed by atoms with Crippen LogP contribution in [-0.2, 0) is 17.1 Å². The summed E-state index contributed by atoms with van der Waals surface area (Å²) < 4.78 is 29.0. The Morgan fingerprint density at radius 3 is 2.89 bits per heavy atom. The van der Waals surface area contributed by atoms with Gasteiger partial charge in [-0.05, 0) is 37.3 Å². The SMILES string of the molecule is COc1ccc(F)cc1COC(=O)c1cccnc1SCc1cc(C)on1. The van der Waals surface area contributed by atoms with Gasteiger partial charge in [-0.2, -0.15) is 0 Å². The molecule has 2 heterocycles. The summed E-state index contributed by atoms with van der Waals surface area (Å²) in [5.74, 6) is 0.698. The van der Waals surface area contributed by atoms with Crippen molar-refractivity contribution in [3.05, 3.63) is 71.0 Å². The normalized spacial score (nSPS) is 10.6. The average molecular weight is 388 g/mol. The predicted molar refractivity (Wildman–Crippen MR) is 97.1 cm³/mol. The van der Waals surface area contributed by atoms with Gasteiger partial charge in [0, 0.05) is 23.6 Å². The van der Waals surface area contributed by atoms with Crippen molar-refractivity contribution in [1.82, 2.24) is 10.1 Å². The maximum Gasteiger partial charge on any atom is 0.341 e. The van der Waals surface area contributed by atoms with Crippen LogP contribution in [0, 0.1) is 12.7 Å². The number of aromatic nitrogens is 2. The fourth-order valence-electron chi connectivity index (χ4n) is 2.37. The monoisotopic (exact) mass is 388 g/mol. The molecule has 0 aliphatic rings. The summed E-state index contributed by atoms with van der Waals surface area (Å²) in [6.07, 6.45) is 1.60. The van der Waals surface area contributed by atoms with Gasteiger partial charge in [0.05, 0.1) is 18.4 Å². The maximum atomic E-state index is 13.4. The van der Waals surface area contributed by atoms with Crippen LogP contribution in [0.2, 0.25) is 0 Å². The fraction of sp³-hybridized carbons (Fsp3) is 0.211. The molecule has 0 unspecified atom stereocenters. The van der Waals surface area contributed by atoms with E-state index in [-0.39, 0.29) is 6.61 Å². The van der Waals surface area contributed by atoms with Crippen molar-refractivity contribution >= 4 is 17.7 Å². The van der Waals surface area contributed by atoms with Gasteiger partial charge in [-0.15, -0.1) is 0 Å². The molecule has 1 aromatic carbocycles. The number of hydrogen-bond donors (Lipinski definition) is 0. The fourth-order valence-corrected chi connectivity index (χ4v) is 3.23. The summed E-state index contributed by atoms with van der Waals surface area (Å²) in [7, 11) is 1.47. The number of nitrogens with zero attached hydrogens (tertiary/aromatic N) is 2. The Kier molecular flexibility index (Phi) is 6.08. The number of ether oxygens (including phenoxy) is 2. The molecule has 6 nitrogen and oxygen atoms in total. The van der Waals surface area contributed by atoms with E-state index in [1.807, 2.05) is 13.0 Å². The molecular formula is C19H17FN2O4S. The Labute approximate surface area is 159 Å². The van der Waals surface area contributed by atoms with Gasteiger partial charge in [-0.1, -0.05) is 16.9 Å². The number of carbonyl (C=O) groups is 1. The molecule has 0 fully saturated rings. The number of esters is 1. The first kappa shape index (κ1) is 18.9. The molecule has 0 N–H and O–H groups in total. The lowest BCUT2D eigenvalue weighted by molar-refractivity contribution is 0.0464. The van der Waals surface area contributed by atoms with Crippen molar-refractivity contribution < 1.29 is 23.2 Å². The summed E-state index contributed by atoms with van der Waals surface area (Å²) in [6.45, 7) is 1.70. The smallest absolute Gasteiger partial charge is 0.341 e. The van der Waals surface area contributed by atoms with Gasteiger partial charge in [-0.25, -0.2) is 14.2 Å². The van der Waals surface area contributed by atoms with Gasteiger partial charge in [0.25, 0.3) is 0 Å². The number of carbonyl (C=O) groups excluding carboxylic acids is 1. The van der Waals surface area contributed by atoms with Gasteiger partial charge in [0.2, 0.25) is 0 Å². The Balaban J connectivity index is 1.69. The molecule has 0 saturated heterocycles. The quantitative estimate of drug-likeness (QED) is 0.444. The lowest BCUT2D eigenvalue weighted by Crippen LogP contribution is -2.08. The van der Waals surface area contributed by atoms with Crippen LogP contribution in [0.25, 0.3) is 0 Å². The maximum absolute atomic E-state index is 13.4. The molecular weight excluding hydrogens is 371 g/mol. The van der Waals surface area contributed by atoms with Crippen LogP contribution >= 0.6 is 11.8 Å². The van der Waals surface area contributed by atoms with Gasteiger partial charge in [0.1, 0.15) is 29.0 Å². The third kappa shape index (κ3) is 4.85. The minimum atomic E-state index is -0.548. The summed E-state index contributed by atoms with van der Waals surface area (Å²) in [6, 6.07) is 9.16.